The van der Waals surface area contributed by atoms with Crippen molar-refractivity contribution in [3.63, 3.8) is 0 Å². The SMILES string of the molecule is Cc1ccc(S(=O)(=O)N2CCCCC2)cc1C(=O)NCC(C)(C)CN(C)C. The van der Waals surface area contributed by atoms with Gasteiger partial charge in [0.15, 0.2) is 0 Å². The molecule has 0 saturated carbocycles. The van der Waals surface area contributed by atoms with Crippen LogP contribution in [0.5, 0.6) is 0 Å². The Hall–Kier alpha value is -1.44. The third-order valence-corrected chi connectivity index (χ3v) is 6.77. The van der Waals surface area contributed by atoms with Crippen LogP contribution in [0.25, 0.3) is 0 Å². The van der Waals surface area contributed by atoms with Crippen molar-refractivity contribution in [1.29, 1.82) is 0 Å². The molecule has 2 rings (SSSR count). The zero-order valence-corrected chi connectivity index (χ0v) is 18.0. The maximum Gasteiger partial charge on any atom is 0.251 e. The Kier molecular flexibility index (Phi) is 7.05. The summed E-state index contributed by atoms with van der Waals surface area (Å²) in [7, 11) is 0.458. The Morgan fingerprint density at radius 2 is 1.81 bits per heavy atom. The molecule has 0 unspecified atom stereocenters. The maximum absolute atomic E-state index is 12.9. The van der Waals surface area contributed by atoms with E-state index in [2.05, 4.69) is 24.1 Å². The lowest BCUT2D eigenvalue weighted by Gasteiger charge is -2.28. The van der Waals surface area contributed by atoms with E-state index in [0.29, 0.717) is 25.2 Å². The summed E-state index contributed by atoms with van der Waals surface area (Å²) in [5.41, 5.74) is 1.12. The Labute approximate surface area is 164 Å². The third-order valence-electron chi connectivity index (χ3n) is 4.88. The van der Waals surface area contributed by atoms with Crippen molar-refractivity contribution in [2.45, 2.75) is 44.9 Å². The molecule has 1 aliphatic heterocycles. The predicted molar refractivity (Wildman–Crippen MR) is 108 cm³/mol. The van der Waals surface area contributed by atoms with E-state index in [0.717, 1.165) is 31.4 Å². The first-order chi connectivity index (χ1) is 12.5. The zero-order valence-electron chi connectivity index (χ0n) is 17.2. The minimum absolute atomic E-state index is 0.0788. The number of sulfonamides is 1. The van der Waals surface area contributed by atoms with Crippen LogP contribution in [0.2, 0.25) is 0 Å². The summed E-state index contributed by atoms with van der Waals surface area (Å²) in [5.74, 6) is -0.227. The molecule has 0 atom stereocenters. The average Bonchev–Trinajstić information content (AvgIpc) is 2.59. The first kappa shape index (κ1) is 21.9. The summed E-state index contributed by atoms with van der Waals surface area (Å²) in [6.45, 7) is 8.49. The van der Waals surface area contributed by atoms with Gasteiger partial charge in [-0.05, 0) is 57.0 Å². The monoisotopic (exact) mass is 395 g/mol. The molecule has 6 nitrogen and oxygen atoms in total. The van der Waals surface area contributed by atoms with Gasteiger partial charge in [0.25, 0.3) is 5.91 Å². The van der Waals surface area contributed by atoms with Crippen LogP contribution in [0, 0.1) is 12.3 Å². The summed E-state index contributed by atoms with van der Waals surface area (Å²) in [6.07, 6.45) is 2.84. The molecule has 152 valence electrons. The van der Waals surface area contributed by atoms with Gasteiger partial charge < -0.3 is 10.2 Å². The van der Waals surface area contributed by atoms with E-state index in [1.54, 1.807) is 12.1 Å². The van der Waals surface area contributed by atoms with Crippen molar-refractivity contribution >= 4 is 15.9 Å². The molecule has 0 bridgehead atoms. The molecule has 1 N–H and O–H groups in total. The van der Waals surface area contributed by atoms with E-state index in [1.807, 2.05) is 21.0 Å². The topological polar surface area (TPSA) is 69.7 Å². The molecule has 0 spiro atoms. The minimum atomic E-state index is -3.55. The summed E-state index contributed by atoms with van der Waals surface area (Å²) < 4.78 is 27.3. The average molecular weight is 396 g/mol. The lowest BCUT2D eigenvalue weighted by Crippen LogP contribution is -2.40. The number of nitrogens with zero attached hydrogens (tertiary/aromatic N) is 2. The van der Waals surface area contributed by atoms with Crippen LogP contribution >= 0.6 is 0 Å². The van der Waals surface area contributed by atoms with Crippen LogP contribution < -0.4 is 5.32 Å². The van der Waals surface area contributed by atoms with Gasteiger partial charge in [0, 0.05) is 31.7 Å². The highest BCUT2D eigenvalue weighted by atomic mass is 32.2. The molecule has 0 aliphatic carbocycles. The van der Waals surface area contributed by atoms with Gasteiger partial charge in [0.2, 0.25) is 10.0 Å². The lowest BCUT2D eigenvalue weighted by molar-refractivity contribution is 0.0928. The van der Waals surface area contributed by atoms with Crippen LogP contribution in [-0.4, -0.2) is 63.8 Å². The van der Waals surface area contributed by atoms with Crippen LogP contribution in [0.4, 0.5) is 0 Å². The molecular weight excluding hydrogens is 362 g/mol. The number of carbonyl (C=O) groups is 1. The van der Waals surface area contributed by atoms with E-state index < -0.39 is 10.0 Å². The van der Waals surface area contributed by atoms with Crippen molar-refractivity contribution < 1.29 is 13.2 Å². The Morgan fingerprint density at radius 1 is 1.19 bits per heavy atom. The number of rotatable bonds is 7. The normalized spacial score (nSPS) is 16.5. The highest BCUT2D eigenvalue weighted by molar-refractivity contribution is 7.89. The van der Waals surface area contributed by atoms with Gasteiger partial charge in [0.05, 0.1) is 4.90 Å². The second-order valence-electron chi connectivity index (χ2n) is 8.53. The number of nitrogens with one attached hydrogen (secondary N) is 1. The van der Waals surface area contributed by atoms with Crippen LogP contribution in [0.3, 0.4) is 0 Å². The predicted octanol–water partition coefficient (Wildman–Crippen LogP) is 2.49. The standard InChI is InChI=1S/C20H33N3O3S/c1-16-9-10-17(27(25,26)23-11-7-6-8-12-23)13-18(16)19(24)21-14-20(2,3)15-22(4)5/h9-10,13H,6-8,11-12,14-15H2,1-5H3,(H,21,24). The van der Waals surface area contributed by atoms with Gasteiger partial charge in [-0.2, -0.15) is 4.31 Å². The summed E-state index contributed by atoms with van der Waals surface area (Å²) in [4.78, 5) is 15.0. The fraction of sp³-hybridized carbons (Fsp3) is 0.650. The van der Waals surface area contributed by atoms with E-state index in [9.17, 15) is 13.2 Å². The summed E-state index contributed by atoms with van der Waals surface area (Å²) in [6, 6.07) is 4.84. The van der Waals surface area contributed by atoms with Gasteiger partial charge in [-0.3, -0.25) is 4.79 Å². The largest absolute Gasteiger partial charge is 0.351 e. The van der Waals surface area contributed by atoms with Crippen molar-refractivity contribution in [1.82, 2.24) is 14.5 Å². The molecule has 1 amide bonds. The van der Waals surface area contributed by atoms with Gasteiger partial charge in [-0.15, -0.1) is 0 Å². The highest BCUT2D eigenvalue weighted by Gasteiger charge is 2.27. The van der Waals surface area contributed by atoms with Crippen LogP contribution in [0.1, 0.15) is 49.0 Å². The van der Waals surface area contributed by atoms with Gasteiger partial charge in [-0.25, -0.2) is 8.42 Å². The van der Waals surface area contributed by atoms with Crippen LogP contribution in [-0.2, 0) is 10.0 Å². The molecular formula is C20H33N3O3S. The first-order valence-corrected chi connectivity index (χ1v) is 11.0. The molecule has 1 aromatic carbocycles. The quantitative estimate of drug-likeness (QED) is 0.770. The molecule has 1 saturated heterocycles. The molecule has 1 heterocycles. The van der Waals surface area contributed by atoms with Crippen molar-refractivity contribution in [3.8, 4) is 0 Å². The zero-order chi connectivity index (χ0) is 20.2. The molecule has 1 aliphatic rings. The Bertz CT molecular complexity index is 767. The van der Waals surface area contributed by atoms with Gasteiger partial charge in [-0.1, -0.05) is 26.3 Å². The Balaban J connectivity index is 2.18. The molecule has 1 fully saturated rings. The molecule has 1 aromatic rings. The second-order valence-corrected chi connectivity index (χ2v) is 10.5. The molecule has 7 heteroatoms. The number of piperidine rings is 1. The number of aryl methyl sites for hydroxylation is 1. The van der Waals surface area contributed by atoms with Gasteiger partial charge in [0.1, 0.15) is 0 Å². The third kappa shape index (κ3) is 5.77. The van der Waals surface area contributed by atoms with Gasteiger partial charge >= 0.3 is 0 Å². The van der Waals surface area contributed by atoms with E-state index >= 15 is 0 Å². The van der Waals surface area contributed by atoms with Crippen molar-refractivity contribution in [2.75, 3.05) is 40.3 Å². The maximum atomic E-state index is 12.9. The highest BCUT2D eigenvalue weighted by Crippen LogP contribution is 2.23. The number of benzene rings is 1. The molecule has 0 aromatic heterocycles. The van der Waals surface area contributed by atoms with E-state index in [-0.39, 0.29) is 16.2 Å². The minimum Gasteiger partial charge on any atom is -0.351 e. The summed E-state index contributed by atoms with van der Waals surface area (Å²) >= 11 is 0. The first-order valence-electron chi connectivity index (χ1n) is 9.57. The van der Waals surface area contributed by atoms with E-state index in [1.165, 1.54) is 10.4 Å². The molecule has 27 heavy (non-hydrogen) atoms. The number of hydrogen-bond acceptors (Lipinski definition) is 4. The Morgan fingerprint density at radius 3 is 2.41 bits per heavy atom. The number of carbonyl (C=O) groups excluding carboxylic acids is 1. The smallest absolute Gasteiger partial charge is 0.251 e. The lowest BCUT2D eigenvalue weighted by atomic mass is 9.92. The van der Waals surface area contributed by atoms with E-state index in [4.69, 9.17) is 0 Å². The molecule has 0 radical (unpaired) electrons. The second kappa shape index (κ2) is 8.71. The van der Waals surface area contributed by atoms with Crippen molar-refractivity contribution in [2.24, 2.45) is 5.41 Å². The fourth-order valence-electron chi connectivity index (χ4n) is 3.59. The fourth-order valence-corrected chi connectivity index (χ4v) is 5.13. The van der Waals surface area contributed by atoms with Crippen molar-refractivity contribution in [3.05, 3.63) is 29.3 Å². The summed E-state index contributed by atoms with van der Waals surface area (Å²) in [5, 5.41) is 2.97. The number of hydrogen-bond donors (Lipinski definition) is 1. The number of amides is 1. The van der Waals surface area contributed by atoms with Crippen LogP contribution in [0.15, 0.2) is 23.1 Å².